The molecule has 0 aliphatic heterocycles. The molecule has 1 amide bonds. The van der Waals surface area contributed by atoms with Crippen LogP contribution in [-0.2, 0) is 4.79 Å². The number of carbonyl (C=O) groups excluding carboxylic acids is 1. The summed E-state index contributed by atoms with van der Waals surface area (Å²) in [5, 5.41) is 18.2. The summed E-state index contributed by atoms with van der Waals surface area (Å²) in [5.74, 6) is 1.13. The van der Waals surface area contributed by atoms with Crippen molar-refractivity contribution >= 4 is 40.5 Å². The summed E-state index contributed by atoms with van der Waals surface area (Å²) in [6.07, 6.45) is 1.87. The van der Waals surface area contributed by atoms with Crippen LogP contribution in [-0.4, -0.2) is 37.2 Å². The number of H-pyrrole nitrogens is 1. The standard InChI is InChI=1S/C18H18N8OS/c1-11-9-15(24-23-11)21-17-14-3-2-8-26(14)25-18(22-17)28-13-6-4-12(5-7-13)20-16(27)10-19/h2-9H,10,19H2,1H3,(H,20,27)(H2,21,22,23,24,25). The molecule has 0 bridgehead atoms. The first-order chi connectivity index (χ1) is 13.6. The van der Waals surface area contributed by atoms with E-state index >= 15 is 0 Å². The second kappa shape index (κ2) is 7.71. The highest BCUT2D eigenvalue weighted by Gasteiger charge is 2.11. The average Bonchev–Trinajstić information content (AvgIpc) is 3.32. The maximum atomic E-state index is 11.4. The fraction of sp³-hybridized carbons (Fsp3) is 0.111. The van der Waals surface area contributed by atoms with Crippen LogP contribution in [0.1, 0.15) is 5.69 Å². The smallest absolute Gasteiger partial charge is 0.238 e. The van der Waals surface area contributed by atoms with Crippen molar-refractivity contribution < 1.29 is 4.79 Å². The summed E-state index contributed by atoms with van der Waals surface area (Å²) in [5.41, 5.74) is 7.81. The summed E-state index contributed by atoms with van der Waals surface area (Å²) in [4.78, 5) is 16.9. The number of aryl methyl sites for hydroxylation is 1. The predicted octanol–water partition coefficient (Wildman–Crippen LogP) is 2.55. The van der Waals surface area contributed by atoms with Gasteiger partial charge in [-0.3, -0.25) is 9.89 Å². The minimum absolute atomic E-state index is 0.0491. The molecular weight excluding hydrogens is 376 g/mol. The third-order valence-corrected chi connectivity index (χ3v) is 4.72. The lowest BCUT2D eigenvalue weighted by Crippen LogP contribution is -2.21. The van der Waals surface area contributed by atoms with Crippen LogP contribution in [0.25, 0.3) is 5.52 Å². The molecular formula is C18H18N8OS. The van der Waals surface area contributed by atoms with Crippen LogP contribution in [0.15, 0.2) is 58.7 Å². The molecule has 0 saturated carbocycles. The van der Waals surface area contributed by atoms with Crippen LogP contribution in [0.2, 0.25) is 0 Å². The minimum atomic E-state index is -0.230. The number of nitrogens with one attached hydrogen (secondary N) is 3. The topological polar surface area (TPSA) is 126 Å². The minimum Gasteiger partial charge on any atom is -0.325 e. The van der Waals surface area contributed by atoms with Crippen LogP contribution < -0.4 is 16.4 Å². The van der Waals surface area contributed by atoms with Gasteiger partial charge in [-0.05, 0) is 55.1 Å². The Morgan fingerprint density at radius 1 is 1.29 bits per heavy atom. The van der Waals surface area contributed by atoms with E-state index in [2.05, 4.69) is 30.9 Å². The maximum Gasteiger partial charge on any atom is 0.238 e. The van der Waals surface area contributed by atoms with E-state index in [0.29, 0.717) is 22.5 Å². The Kier molecular flexibility index (Phi) is 4.96. The van der Waals surface area contributed by atoms with E-state index in [4.69, 9.17) is 5.73 Å². The number of hydrogen-bond donors (Lipinski definition) is 4. The van der Waals surface area contributed by atoms with Gasteiger partial charge in [-0.25, -0.2) is 9.50 Å². The Labute approximate surface area is 164 Å². The average molecular weight is 394 g/mol. The first-order valence-electron chi connectivity index (χ1n) is 8.53. The Morgan fingerprint density at radius 3 is 2.82 bits per heavy atom. The number of hydrogen-bond acceptors (Lipinski definition) is 7. The highest BCUT2D eigenvalue weighted by atomic mass is 32.2. The quantitative estimate of drug-likeness (QED) is 0.396. The monoisotopic (exact) mass is 394 g/mol. The lowest BCUT2D eigenvalue weighted by Gasteiger charge is -2.08. The largest absolute Gasteiger partial charge is 0.325 e. The van der Waals surface area contributed by atoms with Crippen molar-refractivity contribution in [1.82, 2.24) is 24.8 Å². The molecule has 4 rings (SSSR count). The summed E-state index contributed by atoms with van der Waals surface area (Å²) < 4.78 is 1.77. The lowest BCUT2D eigenvalue weighted by atomic mass is 10.3. The molecule has 4 aromatic rings. The number of aromatic nitrogens is 5. The van der Waals surface area contributed by atoms with Crippen LogP contribution in [0.5, 0.6) is 0 Å². The number of nitrogens with zero attached hydrogens (tertiary/aromatic N) is 4. The van der Waals surface area contributed by atoms with Crippen molar-refractivity contribution in [2.24, 2.45) is 5.73 Å². The molecule has 0 aliphatic rings. The van der Waals surface area contributed by atoms with E-state index in [1.807, 2.05) is 55.6 Å². The third-order valence-electron chi connectivity index (χ3n) is 3.86. The van der Waals surface area contributed by atoms with E-state index in [0.717, 1.165) is 16.1 Å². The first kappa shape index (κ1) is 18.0. The second-order valence-corrected chi connectivity index (χ2v) is 7.06. The number of fused-ring (bicyclic) bond motifs is 1. The summed E-state index contributed by atoms with van der Waals surface area (Å²) >= 11 is 1.42. The van der Waals surface area contributed by atoms with Gasteiger partial charge in [0.25, 0.3) is 0 Å². The van der Waals surface area contributed by atoms with Crippen molar-refractivity contribution in [3.05, 3.63) is 54.4 Å². The number of benzene rings is 1. The molecule has 0 saturated heterocycles. The Bertz CT molecular complexity index is 1120. The summed E-state index contributed by atoms with van der Waals surface area (Å²) in [6, 6.07) is 13.2. The number of anilines is 3. The van der Waals surface area contributed by atoms with E-state index in [1.165, 1.54) is 11.8 Å². The Hall–Kier alpha value is -3.37. The van der Waals surface area contributed by atoms with E-state index < -0.39 is 0 Å². The van der Waals surface area contributed by atoms with Gasteiger partial charge in [0.2, 0.25) is 11.1 Å². The zero-order valence-corrected chi connectivity index (χ0v) is 15.8. The molecule has 0 radical (unpaired) electrons. The van der Waals surface area contributed by atoms with Gasteiger partial charge < -0.3 is 16.4 Å². The van der Waals surface area contributed by atoms with Crippen molar-refractivity contribution in [3.8, 4) is 0 Å². The first-order valence-corrected chi connectivity index (χ1v) is 9.34. The van der Waals surface area contributed by atoms with Gasteiger partial charge >= 0.3 is 0 Å². The molecule has 0 atom stereocenters. The number of amides is 1. The van der Waals surface area contributed by atoms with Crippen molar-refractivity contribution in [1.29, 1.82) is 0 Å². The fourth-order valence-corrected chi connectivity index (χ4v) is 3.33. The maximum absolute atomic E-state index is 11.4. The van der Waals surface area contributed by atoms with Crippen LogP contribution in [0.3, 0.4) is 0 Å². The zero-order valence-electron chi connectivity index (χ0n) is 15.0. The number of nitrogens with two attached hydrogens (primary N) is 1. The molecule has 10 heteroatoms. The third kappa shape index (κ3) is 3.97. The molecule has 0 spiro atoms. The number of carbonyl (C=O) groups is 1. The highest BCUT2D eigenvalue weighted by Crippen LogP contribution is 2.28. The van der Waals surface area contributed by atoms with Crippen LogP contribution in [0, 0.1) is 6.92 Å². The Balaban J connectivity index is 1.57. The SMILES string of the molecule is Cc1cc(Nc2nc(Sc3ccc(NC(=O)CN)cc3)nn3cccc23)n[nH]1. The highest BCUT2D eigenvalue weighted by molar-refractivity contribution is 7.99. The van der Waals surface area contributed by atoms with Crippen LogP contribution >= 0.6 is 11.8 Å². The number of aromatic amines is 1. The summed E-state index contributed by atoms with van der Waals surface area (Å²) in [6.45, 7) is 1.89. The van der Waals surface area contributed by atoms with Crippen molar-refractivity contribution in [3.63, 3.8) is 0 Å². The molecule has 9 nitrogen and oxygen atoms in total. The van der Waals surface area contributed by atoms with E-state index in [1.54, 1.807) is 4.52 Å². The summed E-state index contributed by atoms with van der Waals surface area (Å²) in [7, 11) is 0. The van der Waals surface area contributed by atoms with Gasteiger partial charge in [-0.15, -0.1) is 5.10 Å². The molecule has 0 aliphatic carbocycles. The molecule has 3 aromatic heterocycles. The van der Waals surface area contributed by atoms with Gasteiger partial charge in [0.1, 0.15) is 5.52 Å². The van der Waals surface area contributed by atoms with Crippen molar-refractivity contribution in [2.45, 2.75) is 17.0 Å². The molecule has 1 aromatic carbocycles. The molecule has 5 N–H and O–H groups in total. The van der Waals surface area contributed by atoms with Gasteiger partial charge in [-0.2, -0.15) is 5.10 Å². The molecule has 3 heterocycles. The molecule has 142 valence electrons. The van der Waals surface area contributed by atoms with Crippen molar-refractivity contribution in [2.75, 3.05) is 17.2 Å². The van der Waals surface area contributed by atoms with Gasteiger partial charge in [0.15, 0.2) is 11.6 Å². The van der Waals surface area contributed by atoms with E-state index in [9.17, 15) is 4.79 Å². The fourth-order valence-electron chi connectivity index (χ4n) is 2.58. The number of rotatable bonds is 6. The predicted molar refractivity (Wildman–Crippen MR) is 108 cm³/mol. The van der Waals surface area contributed by atoms with Gasteiger partial charge in [-0.1, -0.05) is 0 Å². The molecule has 0 unspecified atom stereocenters. The zero-order chi connectivity index (χ0) is 19.5. The molecule has 0 fully saturated rings. The van der Waals surface area contributed by atoms with Crippen LogP contribution in [0.4, 0.5) is 17.3 Å². The lowest BCUT2D eigenvalue weighted by molar-refractivity contribution is -0.114. The van der Waals surface area contributed by atoms with Gasteiger partial charge in [0, 0.05) is 28.5 Å². The molecule has 28 heavy (non-hydrogen) atoms. The van der Waals surface area contributed by atoms with E-state index in [-0.39, 0.29) is 12.5 Å². The normalized spacial score (nSPS) is 10.9. The second-order valence-electron chi connectivity index (χ2n) is 6.02. The van der Waals surface area contributed by atoms with Gasteiger partial charge in [0.05, 0.1) is 6.54 Å². The Morgan fingerprint density at radius 2 is 2.11 bits per heavy atom.